The molecule has 0 radical (unpaired) electrons. The van der Waals surface area contributed by atoms with Crippen LogP contribution >= 0.6 is 11.8 Å². The Morgan fingerprint density at radius 2 is 2.09 bits per heavy atom. The number of thioether (sulfide) groups is 1. The van der Waals surface area contributed by atoms with Gasteiger partial charge in [0.2, 0.25) is 5.89 Å². The van der Waals surface area contributed by atoms with Crippen LogP contribution in [0.15, 0.2) is 58.3 Å². The van der Waals surface area contributed by atoms with E-state index in [0.717, 1.165) is 21.6 Å². The van der Waals surface area contributed by atoms with Gasteiger partial charge in [-0.3, -0.25) is 0 Å². The van der Waals surface area contributed by atoms with Crippen molar-refractivity contribution < 1.29 is 9.15 Å². The molecule has 0 N–H and O–H groups in total. The first-order chi connectivity index (χ1) is 10.6. The summed E-state index contributed by atoms with van der Waals surface area (Å²) < 4.78 is 6.44. The van der Waals surface area contributed by atoms with Crippen molar-refractivity contribution in [2.75, 3.05) is 0 Å². The molecule has 0 spiro atoms. The predicted octanol–water partition coefficient (Wildman–Crippen LogP) is 3.88. The molecule has 1 aromatic carbocycles. The first-order valence-corrected chi connectivity index (χ1v) is 7.95. The number of rotatable bonds is 4. The predicted molar refractivity (Wildman–Crippen MR) is 86.4 cm³/mol. The molecule has 4 nitrogen and oxygen atoms in total. The molecular formula is C17H16N2O2S. The summed E-state index contributed by atoms with van der Waals surface area (Å²) in [5.41, 5.74) is 4.18. The van der Waals surface area contributed by atoms with E-state index in [4.69, 9.17) is 4.42 Å². The van der Waals surface area contributed by atoms with Crippen LogP contribution in [0.4, 0.5) is 0 Å². The maximum Gasteiger partial charge on any atom is 0.251 e. The Labute approximate surface area is 133 Å². The molecule has 0 bridgehead atoms. The minimum atomic E-state index is 0.598. The third kappa shape index (κ3) is 3.14. The van der Waals surface area contributed by atoms with Crippen LogP contribution in [0.1, 0.15) is 16.8 Å². The van der Waals surface area contributed by atoms with Gasteiger partial charge in [0.1, 0.15) is 6.26 Å². The molecule has 112 valence electrons. The summed E-state index contributed by atoms with van der Waals surface area (Å²) in [6.07, 6.45) is 3.14. The number of benzene rings is 1. The third-order valence-corrected chi connectivity index (χ3v) is 4.37. The van der Waals surface area contributed by atoms with E-state index in [-0.39, 0.29) is 0 Å². The molecule has 0 aliphatic carbocycles. The smallest absolute Gasteiger partial charge is 0.251 e. The van der Waals surface area contributed by atoms with E-state index in [0.29, 0.717) is 16.7 Å². The van der Waals surface area contributed by atoms with Gasteiger partial charge in [0.15, 0.2) is 6.20 Å². The second kappa shape index (κ2) is 6.23. The van der Waals surface area contributed by atoms with Gasteiger partial charge in [-0.15, -0.1) is 0 Å². The maximum absolute atomic E-state index is 11.6. The van der Waals surface area contributed by atoms with Crippen molar-refractivity contribution in [3.8, 4) is 11.5 Å². The number of aryl methyl sites for hydroxylation is 2. The topological polar surface area (TPSA) is 53.0 Å². The van der Waals surface area contributed by atoms with Crippen LogP contribution < -0.4 is 4.73 Å². The van der Waals surface area contributed by atoms with Gasteiger partial charge in [0.05, 0.1) is 5.69 Å². The lowest BCUT2D eigenvalue weighted by Crippen LogP contribution is -2.27. The Morgan fingerprint density at radius 1 is 1.23 bits per heavy atom. The molecule has 0 saturated heterocycles. The zero-order valence-corrected chi connectivity index (χ0v) is 13.3. The van der Waals surface area contributed by atoms with Gasteiger partial charge in [-0.05, 0) is 43.3 Å². The fourth-order valence-corrected chi connectivity index (χ4v) is 3.01. The molecule has 0 amide bonds. The highest BCUT2D eigenvalue weighted by atomic mass is 32.2. The van der Waals surface area contributed by atoms with Crippen molar-refractivity contribution >= 4 is 11.8 Å². The Balaban J connectivity index is 1.75. The second-order valence-electron chi connectivity index (χ2n) is 5.12. The van der Waals surface area contributed by atoms with Crippen LogP contribution in [0.25, 0.3) is 11.5 Å². The summed E-state index contributed by atoms with van der Waals surface area (Å²) in [6.45, 7) is 4.11. The molecule has 0 aliphatic rings. The van der Waals surface area contributed by atoms with Crippen molar-refractivity contribution in [3.05, 3.63) is 70.9 Å². The largest absolute Gasteiger partial charge is 0.618 e. The van der Waals surface area contributed by atoms with Crippen molar-refractivity contribution in [2.24, 2.45) is 0 Å². The summed E-state index contributed by atoms with van der Waals surface area (Å²) in [5, 5.41) is 12.2. The van der Waals surface area contributed by atoms with Crippen LogP contribution in [0.2, 0.25) is 0 Å². The number of aromatic nitrogens is 2. The van der Waals surface area contributed by atoms with Gasteiger partial charge < -0.3 is 9.62 Å². The highest BCUT2D eigenvalue weighted by Gasteiger charge is 2.11. The highest BCUT2D eigenvalue weighted by Crippen LogP contribution is 2.26. The lowest BCUT2D eigenvalue weighted by molar-refractivity contribution is -0.645. The fourth-order valence-electron chi connectivity index (χ4n) is 2.22. The summed E-state index contributed by atoms with van der Waals surface area (Å²) in [7, 11) is 0. The number of hydrogen-bond donors (Lipinski definition) is 0. The Morgan fingerprint density at radius 3 is 2.86 bits per heavy atom. The number of pyridine rings is 1. The van der Waals surface area contributed by atoms with Gasteiger partial charge in [-0.25, -0.2) is 4.98 Å². The minimum Gasteiger partial charge on any atom is -0.618 e. The van der Waals surface area contributed by atoms with Gasteiger partial charge in [0, 0.05) is 23.4 Å². The molecule has 0 aliphatic heterocycles. The summed E-state index contributed by atoms with van der Waals surface area (Å²) in [5.74, 6) is 1.22. The van der Waals surface area contributed by atoms with Gasteiger partial charge in [-0.2, -0.15) is 4.73 Å². The second-order valence-corrected chi connectivity index (χ2v) is 6.11. The van der Waals surface area contributed by atoms with Gasteiger partial charge in [0.25, 0.3) is 5.03 Å². The number of hydrogen-bond acceptors (Lipinski definition) is 4. The summed E-state index contributed by atoms with van der Waals surface area (Å²) in [6, 6.07) is 11.5. The minimum absolute atomic E-state index is 0.598. The summed E-state index contributed by atoms with van der Waals surface area (Å²) in [4.78, 5) is 4.52. The van der Waals surface area contributed by atoms with E-state index < -0.39 is 0 Å². The molecule has 0 unspecified atom stereocenters. The molecule has 0 fully saturated rings. The Kier molecular flexibility index (Phi) is 4.15. The van der Waals surface area contributed by atoms with Crippen LogP contribution in [-0.4, -0.2) is 4.98 Å². The average molecular weight is 312 g/mol. The summed E-state index contributed by atoms with van der Waals surface area (Å²) >= 11 is 1.44. The lowest BCUT2D eigenvalue weighted by Gasteiger charge is -2.02. The first-order valence-electron chi connectivity index (χ1n) is 6.96. The van der Waals surface area contributed by atoms with E-state index in [2.05, 4.69) is 18.0 Å². The fraction of sp³-hybridized carbons (Fsp3) is 0.176. The van der Waals surface area contributed by atoms with Crippen molar-refractivity contribution in [3.63, 3.8) is 0 Å². The molecule has 5 heteroatoms. The molecule has 0 saturated carbocycles. The first kappa shape index (κ1) is 14.7. The van der Waals surface area contributed by atoms with Gasteiger partial charge >= 0.3 is 0 Å². The van der Waals surface area contributed by atoms with E-state index in [9.17, 15) is 5.21 Å². The SMILES string of the molecule is Cc1ccc(-c2nc(CSc3cccc[n+]3[O-])co2)c(C)c1. The van der Waals surface area contributed by atoms with Crippen molar-refractivity contribution in [1.29, 1.82) is 0 Å². The standard InChI is InChI=1S/C17H16N2O2S/c1-12-6-7-15(13(2)9-12)17-18-14(10-21-17)11-22-16-5-3-4-8-19(16)20/h3-10H,11H2,1-2H3. The third-order valence-electron chi connectivity index (χ3n) is 3.32. The molecule has 0 atom stereocenters. The van der Waals surface area contributed by atoms with Crippen LogP contribution in [-0.2, 0) is 5.75 Å². The zero-order valence-electron chi connectivity index (χ0n) is 12.4. The van der Waals surface area contributed by atoms with E-state index in [1.807, 2.05) is 25.1 Å². The van der Waals surface area contributed by atoms with Crippen LogP contribution in [0.3, 0.4) is 0 Å². The molecule has 2 heterocycles. The number of oxazole rings is 1. The maximum atomic E-state index is 11.6. The Hall–Kier alpha value is -2.27. The zero-order chi connectivity index (χ0) is 15.5. The molecule has 3 aromatic rings. The van der Waals surface area contributed by atoms with E-state index >= 15 is 0 Å². The molecule has 22 heavy (non-hydrogen) atoms. The number of nitrogens with zero attached hydrogens (tertiary/aromatic N) is 2. The van der Waals surface area contributed by atoms with Crippen LogP contribution in [0, 0.1) is 19.1 Å². The van der Waals surface area contributed by atoms with E-state index in [1.54, 1.807) is 18.4 Å². The van der Waals surface area contributed by atoms with Gasteiger partial charge in [-0.1, -0.05) is 17.7 Å². The lowest BCUT2D eigenvalue weighted by atomic mass is 10.1. The average Bonchev–Trinajstić information content (AvgIpc) is 2.95. The monoisotopic (exact) mass is 312 g/mol. The van der Waals surface area contributed by atoms with Crippen molar-refractivity contribution in [2.45, 2.75) is 24.6 Å². The molecule has 3 rings (SSSR count). The normalized spacial score (nSPS) is 10.8. The molecular weight excluding hydrogens is 296 g/mol. The van der Waals surface area contributed by atoms with Crippen LogP contribution in [0.5, 0.6) is 0 Å². The Bertz CT molecular complexity index is 799. The highest BCUT2D eigenvalue weighted by molar-refractivity contribution is 7.98. The van der Waals surface area contributed by atoms with Crippen molar-refractivity contribution in [1.82, 2.24) is 4.98 Å². The quantitative estimate of drug-likeness (QED) is 0.417. The van der Waals surface area contributed by atoms with E-state index in [1.165, 1.54) is 23.5 Å². The molecule has 2 aromatic heterocycles.